The molecule has 0 aliphatic carbocycles. The van der Waals surface area contributed by atoms with Gasteiger partial charge < -0.3 is 9.52 Å². The van der Waals surface area contributed by atoms with Crippen molar-refractivity contribution in [1.82, 2.24) is 0 Å². The summed E-state index contributed by atoms with van der Waals surface area (Å²) in [6.45, 7) is 2.11. The molecule has 3 heteroatoms. The highest BCUT2D eigenvalue weighted by atomic mass is 16.3. The molecule has 0 atom stereocenters. The van der Waals surface area contributed by atoms with E-state index in [1.165, 1.54) is 5.56 Å². The van der Waals surface area contributed by atoms with Gasteiger partial charge in [0.05, 0.1) is 0 Å². The first kappa shape index (κ1) is 17.7. The highest BCUT2D eigenvalue weighted by Crippen LogP contribution is 2.42. The first-order valence-corrected chi connectivity index (χ1v) is 10.2. The zero-order valence-electron chi connectivity index (χ0n) is 16.8. The molecule has 0 saturated heterocycles. The Kier molecular flexibility index (Phi) is 3.68. The lowest BCUT2D eigenvalue weighted by Crippen LogP contribution is -1.95. The fraction of sp³-hybridized carbons (Fsp3) is 0.0357. The van der Waals surface area contributed by atoms with Crippen molar-refractivity contribution in [3.8, 4) is 16.9 Å². The van der Waals surface area contributed by atoms with Crippen molar-refractivity contribution in [2.24, 2.45) is 0 Å². The molecule has 3 nitrogen and oxygen atoms in total. The minimum Gasteiger partial charge on any atom is -0.508 e. The van der Waals surface area contributed by atoms with E-state index in [1.54, 1.807) is 24.3 Å². The van der Waals surface area contributed by atoms with Gasteiger partial charge in [0.1, 0.15) is 16.9 Å². The van der Waals surface area contributed by atoms with Crippen molar-refractivity contribution < 1.29 is 9.52 Å². The summed E-state index contributed by atoms with van der Waals surface area (Å²) in [5, 5.41) is 15.6. The molecular weight excluding hydrogens is 384 g/mol. The molecule has 0 aliphatic rings. The smallest absolute Gasteiger partial charge is 0.179 e. The van der Waals surface area contributed by atoms with Crippen LogP contribution < -0.4 is 5.43 Å². The minimum absolute atomic E-state index is 0.0207. The van der Waals surface area contributed by atoms with Gasteiger partial charge in [-0.2, -0.15) is 0 Å². The van der Waals surface area contributed by atoms with Crippen molar-refractivity contribution in [2.75, 3.05) is 0 Å². The van der Waals surface area contributed by atoms with E-state index < -0.39 is 0 Å². The molecule has 0 saturated carbocycles. The maximum atomic E-state index is 11.9. The van der Waals surface area contributed by atoms with E-state index in [-0.39, 0.29) is 11.2 Å². The van der Waals surface area contributed by atoms with E-state index in [0.717, 1.165) is 54.6 Å². The number of hydrogen-bond acceptors (Lipinski definition) is 3. The van der Waals surface area contributed by atoms with Gasteiger partial charge in [-0.1, -0.05) is 36.4 Å². The third-order valence-electron chi connectivity index (χ3n) is 6.05. The Morgan fingerprint density at radius 3 is 2.00 bits per heavy atom. The van der Waals surface area contributed by atoms with Gasteiger partial charge in [-0.25, -0.2) is 0 Å². The maximum absolute atomic E-state index is 11.9. The summed E-state index contributed by atoms with van der Waals surface area (Å²) in [7, 11) is 0. The van der Waals surface area contributed by atoms with Crippen LogP contribution in [0.25, 0.3) is 54.6 Å². The summed E-state index contributed by atoms with van der Waals surface area (Å²) in [5.41, 5.74) is 4.93. The summed E-state index contributed by atoms with van der Waals surface area (Å²) in [5.74, 6) is 0.222. The quantitative estimate of drug-likeness (QED) is 0.239. The summed E-state index contributed by atoms with van der Waals surface area (Å²) in [6, 6.07) is 26.8. The molecule has 5 aromatic carbocycles. The topological polar surface area (TPSA) is 50.4 Å². The van der Waals surface area contributed by atoms with E-state index >= 15 is 0 Å². The molecule has 6 rings (SSSR count). The number of benzene rings is 5. The number of phenols is 1. The second-order valence-corrected chi connectivity index (χ2v) is 7.96. The van der Waals surface area contributed by atoms with Crippen LogP contribution in [0.5, 0.6) is 5.75 Å². The predicted octanol–water partition coefficient (Wildman–Crippen LogP) is 6.93. The fourth-order valence-electron chi connectivity index (χ4n) is 4.57. The van der Waals surface area contributed by atoms with Crippen LogP contribution in [0.4, 0.5) is 0 Å². The standard InChI is InChI=1S/C28H18O3/c1-16-4-2-3-5-21(16)26-24-10-6-17-14-19(29)8-12-22(17)27(24)31-28-23-13-9-20(30)15-18(23)7-11-25(26)28/h2-15,29H,1H3. The van der Waals surface area contributed by atoms with Crippen LogP contribution in [-0.2, 0) is 0 Å². The number of aryl methyl sites for hydroxylation is 1. The Balaban J connectivity index is 1.91. The third kappa shape index (κ3) is 2.63. The van der Waals surface area contributed by atoms with E-state index in [0.29, 0.717) is 0 Å². The Hall–Kier alpha value is -4.11. The molecule has 1 N–H and O–H groups in total. The predicted molar refractivity (Wildman–Crippen MR) is 127 cm³/mol. The first-order chi connectivity index (χ1) is 15.1. The van der Waals surface area contributed by atoms with Crippen molar-refractivity contribution in [3.63, 3.8) is 0 Å². The van der Waals surface area contributed by atoms with Gasteiger partial charge in [-0.3, -0.25) is 4.79 Å². The molecule has 1 aromatic heterocycles. The zero-order chi connectivity index (χ0) is 21.1. The average molecular weight is 402 g/mol. The number of fused-ring (bicyclic) bond motifs is 6. The van der Waals surface area contributed by atoms with E-state index in [1.807, 2.05) is 42.5 Å². The molecular formula is C28H18O3. The molecule has 0 fully saturated rings. The van der Waals surface area contributed by atoms with Crippen LogP contribution in [0.1, 0.15) is 5.56 Å². The van der Waals surface area contributed by atoms with Crippen LogP contribution >= 0.6 is 0 Å². The van der Waals surface area contributed by atoms with Crippen LogP contribution in [0.3, 0.4) is 0 Å². The van der Waals surface area contributed by atoms with Gasteiger partial charge in [0.15, 0.2) is 5.43 Å². The monoisotopic (exact) mass is 402 g/mol. The van der Waals surface area contributed by atoms with Gasteiger partial charge in [-0.15, -0.1) is 0 Å². The van der Waals surface area contributed by atoms with Crippen LogP contribution in [0, 0.1) is 6.92 Å². The lowest BCUT2D eigenvalue weighted by molar-refractivity contribution is 0.476. The molecule has 0 aliphatic heterocycles. The molecule has 0 radical (unpaired) electrons. The lowest BCUT2D eigenvalue weighted by Gasteiger charge is -2.16. The maximum Gasteiger partial charge on any atom is 0.179 e. The number of rotatable bonds is 1. The number of phenolic OH excluding ortho intramolecular Hbond substituents is 1. The number of hydrogen-bond donors (Lipinski definition) is 1. The van der Waals surface area contributed by atoms with Crippen molar-refractivity contribution in [3.05, 3.63) is 101 Å². The highest BCUT2D eigenvalue weighted by molar-refractivity contribution is 6.19. The normalized spacial score (nSPS) is 11.6. The molecule has 31 heavy (non-hydrogen) atoms. The zero-order valence-corrected chi connectivity index (χ0v) is 16.8. The molecule has 0 unspecified atom stereocenters. The third-order valence-corrected chi connectivity index (χ3v) is 6.05. The molecule has 148 valence electrons. The fourth-order valence-corrected chi connectivity index (χ4v) is 4.57. The molecule has 0 amide bonds. The van der Waals surface area contributed by atoms with Crippen molar-refractivity contribution >= 4 is 43.5 Å². The van der Waals surface area contributed by atoms with Gasteiger partial charge in [0.2, 0.25) is 0 Å². The Labute approximate surface area is 177 Å². The molecule has 1 heterocycles. The van der Waals surface area contributed by atoms with Crippen LogP contribution in [0.15, 0.2) is 94.1 Å². The Bertz CT molecular complexity index is 1720. The van der Waals surface area contributed by atoms with Gasteiger partial charge in [0, 0.05) is 27.1 Å². The second-order valence-electron chi connectivity index (χ2n) is 7.96. The molecule has 0 bridgehead atoms. The number of aromatic hydroxyl groups is 1. The Morgan fingerprint density at radius 2 is 1.29 bits per heavy atom. The van der Waals surface area contributed by atoms with Gasteiger partial charge >= 0.3 is 0 Å². The molecule has 0 spiro atoms. The van der Waals surface area contributed by atoms with E-state index in [2.05, 4.69) is 25.1 Å². The first-order valence-electron chi connectivity index (χ1n) is 10.2. The SMILES string of the molecule is Cc1ccccc1-c1c2ccc3cc(O)ccc3c2oc2c1ccc1cc(=O)ccc12. The van der Waals surface area contributed by atoms with Gasteiger partial charge in [0.25, 0.3) is 0 Å². The average Bonchev–Trinajstić information content (AvgIpc) is 2.77. The van der Waals surface area contributed by atoms with E-state index in [9.17, 15) is 9.90 Å². The Morgan fingerprint density at radius 1 is 0.677 bits per heavy atom. The summed E-state index contributed by atoms with van der Waals surface area (Å²) in [6.07, 6.45) is 0. The van der Waals surface area contributed by atoms with E-state index in [4.69, 9.17) is 4.42 Å². The van der Waals surface area contributed by atoms with Crippen molar-refractivity contribution in [1.29, 1.82) is 0 Å². The van der Waals surface area contributed by atoms with Crippen LogP contribution in [0.2, 0.25) is 0 Å². The largest absolute Gasteiger partial charge is 0.508 e. The molecule has 6 aromatic rings. The highest BCUT2D eigenvalue weighted by Gasteiger charge is 2.17. The minimum atomic E-state index is -0.0207. The summed E-state index contributed by atoms with van der Waals surface area (Å²) >= 11 is 0. The second kappa shape index (κ2) is 6.44. The summed E-state index contributed by atoms with van der Waals surface area (Å²) in [4.78, 5) is 11.9. The summed E-state index contributed by atoms with van der Waals surface area (Å²) < 4.78 is 6.57. The van der Waals surface area contributed by atoms with Crippen LogP contribution in [-0.4, -0.2) is 5.11 Å². The van der Waals surface area contributed by atoms with Gasteiger partial charge in [-0.05, 0) is 77.4 Å². The van der Waals surface area contributed by atoms with Crippen molar-refractivity contribution in [2.45, 2.75) is 6.92 Å². The lowest BCUT2D eigenvalue weighted by atomic mass is 9.91.